The highest BCUT2D eigenvalue weighted by Crippen LogP contribution is 2.24. The van der Waals surface area contributed by atoms with Crippen LogP contribution < -0.4 is 0 Å². The molecule has 1 atom stereocenters. The van der Waals surface area contributed by atoms with Crippen LogP contribution >= 0.6 is 0 Å². The standard InChI is InChI=1S/C11H32O4Si4.4CH4/c1-12-11-19(10,14-17(5,6)7)15-18(8,9)13-16(2,3)4;;;;/h11H2,1-10H3;4*1H4. The molecule has 0 aliphatic heterocycles. The molecule has 0 aliphatic rings. The van der Waals surface area contributed by atoms with E-state index in [1.165, 1.54) is 0 Å². The van der Waals surface area contributed by atoms with Gasteiger partial charge in [0, 0.05) is 7.11 Å². The Balaban J connectivity index is -0.000000270. The Bertz CT molecular complexity index is 288. The maximum atomic E-state index is 6.40. The van der Waals surface area contributed by atoms with Crippen molar-refractivity contribution < 1.29 is 17.1 Å². The molecule has 0 aliphatic carbocycles. The van der Waals surface area contributed by atoms with Crippen molar-refractivity contribution in [1.29, 1.82) is 0 Å². The minimum absolute atomic E-state index is 0. The van der Waals surface area contributed by atoms with Crippen LogP contribution in [0.3, 0.4) is 0 Å². The molecule has 23 heavy (non-hydrogen) atoms. The molecule has 0 fully saturated rings. The highest BCUT2D eigenvalue weighted by molar-refractivity contribution is 6.89. The first-order chi connectivity index (χ1) is 8.18. The average Bonchev–Trinajstić information content (AvgIpc) is 1.90. The van der Waals surface area contributed by atoms with Crippen LogP contribution in [-0.4, -0.2) is 47.1 Å². The molecule has 0 spiro atoms. The lowest BCUT2D eigenvalue weighted by Gasteiger charge is -2.40. The number of hydrogen-bond donors (Lipinski definition) is 0. The Morgan fingerprint density at radius 3 is 1.17 bits per heavy atom. The maximum absolute atomic E-state index is 6.40. The van der Waals surface area contributed by atoms with Gasteiger partial charge in [0.2, 0.25) is 0 Å². The van der Waals surface area contributed by atoms with Crippen molar-refractivity contribution >= 4 is 33.8 Å². The highest BCUT2D eigenvalue weighted by Gasteiger charge is 2.44. The summed E-state index contributed by atoms with van der Waals surface area (Å²) < 4.78 is 24.3. The minimum atomic E-state index is -2.32. The summed E-state index contributed by atoms with van der Waals surface area (Å²) in [6.07, 6.45) is 0.558. The molecule has 0 aromatic carbocycles. The van der Waals surface area contributed by atoms with Gasteiger partial charge in [0.05, 0.1) is 6.23 Å². The van der Waals surface area contributed by atoms with Crippen molar-refractivity contribution in [3.05, 3.63) is 0 Å². The summed E-state index contributed by atoms with van der Waals surface area (Å²) in [7, 11) is -6.04. The van der Waals surface area contributed by atoms with Gasteiger partial charge >= 0.3 is 17.1 Å². The predicted molar refractivity (Wildman–Crippen MR) is 118 cm³/mol. The molecule has 0 heterocycles. The number of methoxy groups -OCH3 is 1. The van der Waals surface area contributed by atoms with Crippen molar-refractivity contribution in [2.24, 2.45) is 0 Å². The van der Waals surface area contributed by atoms with Crippen LogP contribution in [0.2, 0.25) is 58.9 Å². The van der Waals surface area contributed by atoms with Crippen LogP contribution in [0, 0.1) is 0 Å². The summed E-state index contributed by atoms with van der Waals surface area (Å²) in [5.74, 6) is 0. The van der Waals surface area contributed by atoms with Crippen LogP contribution in [0.25, 0.3) is 0 Å². The Morgan fingerprint density at radius 2 is 0.913 bits per heavy atom. The first-order valence-corrected chi connectivity index (χ1v) is 18.9. The minimum Gasteiger partial charge on any atom is -0.437 e. The molecule has 0 saturated heterocycles. The van der Waals surface area contributed by atoms with Gasteiger partial charge in [0.15, 0.2) is 16.6 Å². The van der Waals surface area contributed by atoms with Crippen molar-refractivity contribution in [2.45, 2.75) is 88.6 Å². The van der Waals surface area contributed by atoms with E-state index >= 15 is 0 Å². The Morgan fingerprint density at radius 1 is 0.565 bits per heavy atom. The Kier molecular flexibility index (Phi) is 18.4. The lowest BCUT2D eigenvalue weighted by Crippen LogP contribution is -2.59. The van der Waals surface area contributed by atoms with E-state index in [9.17, 15) is 0 Å². The molecule has 1 unspecified atom stereocenters. The Hall–Kier alpha value is 0.708. The molecule has 4 nitrogen and oxygen atoms in total. The van der Waals surface area contributed by atoms with Gasteiger partial charge in [0.25, 0.3) is 0 Å². The van der Waals surface area contributed by atoms with Gasteiger partial charge in [-0.15, -0.1) is 0 Å². The summed E-state index contributed by atoms with van der Waals surface area (Å²) in [4.78, 5) is 0. The van der Waals surface area contributed by atoms with Crippen molar-refractivity contribution in [3.8, 4) is 0 Å². The highest BCUT2D eigenvalue weighted by atomic mass is 28.5. The van der Waals surface area contributed by atoms with E-state index in [-0.39, 0.29) is 29.7 Å². The lowest BCUT2D eigenvalue weighted by molar-refractivity contribution is 0.200. The van der Waals surface area contributed by atoms with E-state index < -0.39 is 33.8 Å². The van der Waals surface area contributed by atoms with E-state index in [0.29, 0.717) is 6.23 Å². The summed E-state index contributed by atoms with van der Waals surface area (Å²) in [5, 5.41) is 0. The van der Waals surface area contributed by atoms with Crippen LogP contribution in [0.15, 0.2) is 0 Å². The van der Waals surface area contributed by atoms with Gasteiger partial charge < -0.3 is 17.1 Å². The Labute approximate surface area is 153 Å². The molecule has 0 saturated carbocycles. The van der Waals surface area contributed by atoms with Gasteiger partial charge in [-0.05, 0) is 58.9 Å². The van der Waals surface area contributed by atoms with E-state index in [1.54, 1.807) is 7.11 Å². The van der Waals surface area contributed by atoms with Crippen molar-refractivity contribution in [1.82, 2.24) is 0 Å². The molecule has 0 amide bonds. The fourth-order valence-electron chi connectivity index (χ4n) is 2.27. The summed E-state index contributed by atoms with van der Waals surface area (Å²) in [6, 6.07) is 0. The molecular formula is C15H48O4Si4. The van der Waals surface area contributed by atoms with E-state index in [4.69, 9.17) is 17.1 Å². The summed E-state index contributed by atoms with van der Waals surface area (Å²) >= 11 is 0. The molecular weight excluding hydrogens is 357 g/mol. The maximum Gasteiger partial charge on any atom is 0.342 e. The third kappa shape index (κ3) is 18.9. The quantitative estimate of drug-likeness (QED) is 0.450. The van der Waals surface area contributed by atoms with Gasteiger partial charge in [-0.1, -0.05) is 29.7 Å². The molecule has 148 valence electrons. The number of ether oxygens (including phenoxy) is 1. The number of hydrogen-bond acceptors (Lipinski definition) is 4. The first-order valence-electron chi connectivity index (χ1n) is 6.78. The fourth-order valence-corrected chi connectivity index (χ4v) is 19.6. The van der Waals surface area contributed by atoms with Gasteiger partial charge in [-0.25, -0.2) is 0 Å². The molecule has 8 heteroatoms. The normalized spacial score (nSPS) is 14.3. The second kappa shape index (κ2) is 12.1. The predicted octanol–water partition coefficient (Wildman–Crippen LogP) is 6.21. The first kappa shape index (κ1) is 34.9. The van der Waals surface area contributed by atoms with Crippen LogP contribution in [0.1, 0.15) is 29.7 Å². The van der Waals surface area contributed by atoms with E-state index in [1.807, 2.05) is 0 Å². The second-order valence-corrected chi connectivity index (χ2v) is 23.8. The van der Waals surface area contributed by atoms with E-state index in [2.05, 4.69) is 58.9 Å². The summed E-state index contributed by atoms with van der Waals surface area (Å²) in [5.41, 5.74) is 0. The molecule has 0 N–H and O–H groups in total. The van der Waals surface area contributed by atoms with Crippen LogP contribution in [-0.2, 0) is 17.1 Å². The zero-order valence-electron chi connectivity index (χ0n) is 14.3. The molecule has 0 rings (SSSR count). The molecule has 0 aromatic heterocycles. The fraction of sp³-hybridized carbons (Fsp3) is 1.00. The number of rotatable bonds is 8. The monoisotopic (exact) mass is 404 g/mol. The van der Waals surface area contributed by atoms with Crippen LogP contribution in [0.5, 0.6) is 0 Å². The van der Waals surface area contributed by atoms with Gasteiger partial charge in [-0.2, -0.15) is 0 Å². The third-order valence-corrected chi connectivity index (χ3v) is 15.0. The van der Waals surface area contributed by atoms with Crippen molar-refractivity contribution in [3.63, 3.8) is 0 Å². The molecule has 0 radical (unpaired) electrons. The summed E-state index contributed by atoms with van der Waals surface area (Å²) in [6.45, 7) is 19.5. The molecule has 0 aromatic rings. The second-order valence-electron chi connectivity index (χ2n) is 7.50. The molecule has 0 bridgehead atoms. The van der Waals surface area contributed by atoms with E-state index in [0.717, 1.165) is 0 Å². The SMILES string of the molecule is C.C.C.C.COC[Si](C)(O[Si](C)(C)C)O[Si](C)(C)O[Si](C)(C)C. The smallest absolute Gasteiger partial charge is 0.342 e. The largest absolute Gasteiger partial charge is 0.437 e. The zero-order chi connectivity index (χ0) is 15.5. The lowest BCUT2D eigenvalue weighted by atomic mass is 11.5. The third-order valence-electron chi connectivity index (χ3n) is 1.94. The van der Waals surface area contributed by atoms with Gasteiger partial charge in [-0.3, -0.25) is 0 Å². The van der Waals surface area contributed by atoms with Gasteiger partial charge in [0.1, 0.15) is 0 Å². The zero-order valence-corrected chi connectivity index (χ0v) is 18.3. The average molecular weight is 405 g/mol. The van der Waals surface area contributed by atoms with Crippen molar-refractivity contribution in [2.75, 3.05) is 13.3 Å². The van der Waals surface area contributed by atoms with Crippen LogP contribution in [0.4, 0.5) is 0 Å². The topological polar surface area (TPSA) is 36.9 Å².